The van der Waals surface area contributed by atoms with E-state index in [1.807, 2.05) is 0 Å². The molecular weight excluding hydrogens is 324 g/mol. The molecule has 134 valence electrons. The van der Waals surface area contributed by atoms with Crippen molar-refractivity contribution in [1.29, 1.82) is 0 Å². The predicted octanol–water partition coefficient (Wildman–Crippen LogP) is 0.656. The van der Waals surface area contributed by atoms with E-state index in [0.29, 0.717) is 43.9 Å². The maximum absolute atomic E-state index is 12.2. The molecule has 8 heteroatoms. The Balaban J connectivity index is 1.45. The Bertz CT molecular complexity index is 691. The maximum Gasteiger partial charge on any atom is 0.226 e. The number of aromatic nitrogens is 3. The molecular formula is C17H22N4O4. The molecule has 2 aromatic heterocycles. The van der Waals surface area contributed by atoms with E-state index in [4.69, 9.17) is 9.63 Å². The fraction of sp³-hybridized carbons (Fsp3) is 0.529. The molecule has 1 aliphatic heterocycles. The Morgan fingerprint density at radius 1 is 1.36 bits per heavy atom. The topological polar surface area (TPSA) is 113 Å². The molecule has 0 aliphatic carbocycles. The SMILES string of the molecule is O=C(CCCc1nc(-c2ccncc2)no1)N1CC[C@H](CO)[C@H](O)C1. The van der Waals surface area contributed by atoms with Gasteiger partial charge in [-0.25, -0.2) is 0 Å². The molecule has 0 spiro atoms. The van der Waals surface area contributed by atoms with Crippen LogP contribution in [0.5, 0.6) is 0 Å². The normalized spacial score (nSPS) is 20.6. The van der Waals surface area contributed by atoms with Crippen LogP contribution in [0.15, 0.2) is 29.0 Å². The number of piperidine rings is 1. The zero-order chi connectivity index (χ0) is 17.6. The first-order valence-electron chi connectivity index (χ1n) is 8.47. The van der Waals surface area contributed by atoms with Crippen LogP contribution in [0.25, 0.3) is 11.4 Å². The fourth-order valence-electron chi connectivity index (χ4n) is 2.94. The maximum atomic E-state index is 12.2. The summed E-state index contributed by atoms with van der Waals surface area (Å²) in [5.41, 5.74) is 0.835. The van der Waals surface area contributed by atoms with Crippen LogP contribution < -0.4 is 0 Å². The molecule has 0 unspecified atom stereocenters. The minimum Gasteiger partial charge on any atom is -0.396 e. The van der Waals surface area contributed by atoms with E-state index in [9.17, 15) is 9.90 Å². The lowest BCUT2D eigenvalue weighted by atomic mass is 9.94. The van der Waals surface area contributed by atoms with E-state index < -0.39 is 6.10 Å². The number of nitrogens with zero attached hydrogens (tertiary/aromatic N) is 4. The summed E-state index contributed by atoms with van der Waals surface area (Å²) in [5, 5.41) is 23.0. The van der Waals surface area contributed by atoms with Crippen LogP contribution in [0.4, 0.5) is 0 Å². The third kappa shape index (κ3) is 4.40. The number of aryl methyl sites for hydroxylation is 1. The van der Waals surface area contributed by atoms with Crippen molar-refractivity contribution in [3.63, 3.8) is 0 Å². The van der Waals surface area contributed by atoms with E-state index in [0.717, 1.165) is 5.56 Å². The van der Waals surface area contributed by atoms with Crippen molar-refractivity contribution in [2.45, 2.75) is 31.8 Å². The van der Waals surface area contributed by atoms with Crippen LogP contribution in [0.1, 0.15) is 25.2 Å². The molecule has 2 aromatic rings. The van der Waals surface area contributed by atoms with Gasteiger partial charge in [-0.1, -0.05) is 5.16 Å². The van der Waals surface area contributed by atoms with Gasteiger partial charge in [-0.05, 0) is 25.0 Å². The van der Waals surface area contributed by atoms with E-state index in [2.05, 4.69) is 15.1 Å². The van der Waals surface area contributed by atoms with E-state index in [1.165, 1.54) is 0 Å². The van der Waals surface area contributed by atoms with Gasteiger partial charge in [0.2, 0.25) is 17.6 Å². The summed E-state index contributed by atoms with van der Waals surface area (Å²) < 4.78 is 5.22. The Hall–Kier alpha value is -2.32. The number of likely N-dealkylation sites (tertiary alicyclic amines) is 1. The molecule has 2 atom stereocenters. The zero-order valence-corrected chi connectivity index (χ0v) is 13.9. The van der Waals surface area contributed by atoms with Gasteiger partial charge in [-0.3, -0.25) is 9.78 Å². The number of amides is 1. The van der Waals surface area contributed by atoms with Gasteiger partial charge in [-0.2, -0.15) is 4.98 Å². The summed E-state index contributed by atoms with van der Waals surface area (Å²) in [7, 11) is 0. The highest BCUT2D eigenvalue weighted by molar-refractivity contribution is 5.76. The summed E-state index contributed by atoms with van der Waals surface area (Å²) in [6.07, 6.45) is 4.80. The van der Waals surface area contributed by atoms with Gasteiger partial charge in [0, 0.05) is 56.4 Å². The van der Waals surface area contributed by atoms with Gasteiger partial charge in [0.15, 0.2) is 0 Å². The van der Waals surface area contributed by atoms with Crippen LogP contribution in [0.2, 0.25) is 0 Å². The predicted molar refractivity (Wildman–Crippen MR) is 88.2 cm³/mol. The van der Waals surface area contributed by atoms with E-state index >= 15 is 0 Å². The van der Waals surface area contributed by atoms with Gasteiger partial charge in [0.1, 0.15) is 0 Å². The largest absolute Gasteiger partial charge is 0.396 e. The van der Waals surface area contributed by atoms with E-state index in [-0.39, 0.29) is 25.0 Å². The number of carbonyl (C=O) groups excluding carboxylic acids is 1. The van der Waals surface area contributed by atoms with Gasteiger partial charge < -0.3 is 19.6 Å². The first-order valence-corrected chi connectivity index (χ1v) is 8.47. The molecule has 25 heavy (non-hydrogen) atoms. The van der Waals surface area contributed by atoms with Crippen molar-refractivity contribution >= 4 is 5.91 Å². The third-order valence-corrected chi connectivity index (χ3v) is 4.50. The van der Waals surface area contributed by atoms with Crippen LogP contribution in [0, 0.1) is 5.92 Å². The molecule has 1 aliphatic rings. The number of hydrogen-bond donors (Lipinski definition) is 2. The second-order valence-electron chi connectivity index (χ2n) is 6.24. The summed E-state index contributed by atoms with van der Waals surface area (Å²) in [6, 6.07) is 3.61. The molecule has 3 rings (SSSR count). The van der Waals surface area contributed by atoms with Gasteiger partial charge in [0.05, 0.1) is 6.10 Å². The molecule has 3 heterocycles. The average molecular weight is 346 g/mol. The highest BCUT2D eigenvalue weighted by atomic mass is 16.5. The third-order valence-electron chi connectivity index (χ3n) is 4.50. The lowest BCUT2D eigenvalue weighted by molar-refractivity contribution is -0.136. The molecule has 1 amide bonds. The number of pyridine rings is 1. The van der Waals surface area contributed by atoms with Crippen LogP contribution >= 0.6 is 0 Å². The number of carbonyl (C=O) groups is 1. The summed E-state index contributed by atoms with van der Waals surface area (Å²) in [4.78, 5) is 22.2. The Morgan fingerprint density at radius 3 is 2.88 bits per heavy atom. The molecule has 0 radical (unpaired) electrons. The summed E-state index contributed by atoms with van der Waals surface area (Å²) in [6.45, 7) is 0.824. The first-order chi connectivity index (χ1) is 12.2. The summed E-state index contributed by atoms with van der Waals surface area (Å²) >= 11 is 0. The fourth-order valence-corrected chi connectivity index (χ4v) is 2.94. The Kier molecular flexibility index (Phi) is 5.72. The van der Waals surface area contributed by atoms with Crippen molar-refractivity contribution in [2.75, 3.05) is 19.7 Å². The van der Waals surface area contributed by atoms with Crippen molar-refractivity contribution < 1.29 is 19.5 Å². The van der Waals surface area contributed by atoms with Gasteiger partial charge in [-0.15, -0.1) is 0 Å². The first kappa shape index (κ1) is 17.5. The second kappa shape index (κ2) is 8.17. The summed E-state index contributed by atoms with van der Waals surface area (Å²) in [5.74, 6) is 0.884. The molecule has 8 nitrogen and oxygen atoms in total. The average Bonchev–Trinajstić information content (AvgIpc) is 3.11. The van der Waals surface area contributed by atoms with Crippen molar-refractivity contribution in [3.8, 4) is 11.4 Å². The highest BCUT2D eigenvalue weighted by Crippen LogP contribution is 2.19. The molecule has 0 aromatic carbocycles. The standard InChI is InChI=1S/C17H22N4O4/c22-11-13-6-9-21(10-14(13)23)16(24)3-1-2-15-19-17(20-25-15)12-4-7-18-8-5-12/h4-5,7-8,13-14,22-23H,1-3,6,9-11H2/t13-,14-/m1/s1. The monoisotopic (exact) mass is 346 g/mol. The highest BCUT2D eigenvalue weighted by Gasteiger charge is 2.29. The quantitative estimate of drug-likeness (QED) is 0.790. The smallest absolute Gasteiger partial charge is 0.226 e. The number of rotatable bonds is 6. The van der Waals surface area contributed by atoms with Crippen LogP contribution in [0.3, 0.4) is 0 Å². The lowest BCUT2D eigenvalue weighted by Crippen LogP contribution is -2.47. The van der Waals surface area contributed by atoms with Crippen molar-refractivity contribution in [1.82, 2.24) is 20.0 Å². The molecule has 2 N–H and O–H groups in total. The van der Waals surface area contributed by atoms with E-state index in [1.54, 1.807) is 29.4 Å². The number of hydrogen-bond acceptors (Lipinski definition) is 7. The number of aliphatic hydroxyl groups is 2. The van der Waals surface area contributed by atoms with Crippen LogP contribution in [-0.2, 0) is 11.2 Å². The second-order valence-corrected chi connectivity index (χ2v) is 6.24. The van der Waals surface area contributed by atoms with Crippen molar-refractivity contribution in [3.05, 3.63) is 30.4 Å². The molecule has 1 fully saturated rings. The molecule has 0 bridgehead atoms. The molecule has 0 saturated carbocycles. The Morgan fingerprint density at radius 2 is 2.16 bits per heavy atom. The van der Waals surface area contributed by atoms with Crippen molar-refractivity contribution in [2.24, 2.45) is 5.92 Å². The Labute approximate surface area is 145 Å². The zero-order valence-electron chi connectivity index (χ0n) is 13.9. The minimum absolute atomic E-state index is 0.00399. The number of aliphatic hydroxyl groups excluding tert-OH is 2. The van der Waals surface area contributed by atoms with Gasteiger partial charge >= 0.3 is 0 Å². The van der Waals surface area contributed by atoms with Gasteiger partial charge in [0.25, 0.3) is 0 Å². The molecule has 1 saturated heterocycles. The van der Waals surface area contributed by atoms with Crippen LogP contribution in [-0.4, -0.2) is 61.9 Å². The number of β-amino-alcohol motifs (C(OH)–C–C–N with tert-alkyl or cyclic N) is 1. The lowest BCUT2D eigenvalue weighted by Gasteiger charge is -2.35. The minimum atomic E-state index is -0.651.